The number of hydrazone groups is 1. The zero-order valence-electron chi connectivity index (χ0n) is 19.8. The summed E-state index contributed by atoms with van der Waals surface area (Å²) in [5.74, 6) is 2.20. The molecule has 10 heteroatoms. The van der Waals surface area contributed by atoms with Gasteiger partial charge in [-0.05, 0) is 46.5 Å². The normalized spacial score (nSPS) is 11.2. The highest BCUT2D eigenvalue weighted by Crippen LogP contribution is 2.27. The van der Waals surface area contributed by atoms with Crippen LogP contribution in [0.1, 0.15) is 28.4 Å². The third kappa shape index (κ3) is 7.20. The van der Waals surface area contributed by atoms with E-state index in [1.807, 2.05) is 60.3 Å². The number of rotatable bonds is 6. The molecule has 3 N–H and O–H groups in total. The van der Waals surface area contributed by atoms with Crippen LogP contribution >= 0.6 is 0 Å². The van der Waals surface area contributed by atoms with E-state index in [4.69, 9.17) is 20.5 Å². The van der Waals surface area contributed by atoms with Gasteiger partial charge < -0.3 is 20.3 Å². The molecule has 0 aliphatic heterocycles. The van der Waals surface area contributed by atoms with Crippen LogP contribution in [0.5, 0.6) is 0 Å². The summed E-state index contributed by atoms with van der Waals surface area (Å²) < 4.78 is 39.0. The van der Waals surface area contributed by atoms with Gasteiger partial charge in [-0.2, -0.15) is 18.3 Å². The molecule has 0 atom stereocenters. The number of alkyl halides is 3. The van der Waals surface area contributed by atoms with E-state index in [2.05, 4.69) is 35.4 Å². The van der Waals surface area contributed by atoms with E-state index < -0.39 is 12.1 Å². The predicted octanol–water partition coefficient (Wildman–Crippen LogP) is 5.46. The number of carboxylic acid groups (broad SMARTS) is 1. The molecule has 0 saturated heterocycles. The molecule has 0 unspecified atom stereocenters. The molecule has 192 valence electrons. The van der Waals surface area contributed by atoms with Crippen molar-refractivity contribution in [3.05, 3.63) is 95.8 Å². The summed E-state index contributed by atoms with van der Waals surface area (Å²) in [6.07, 6.45) is 0.339. The molecular formula is C27H24F3N3O4. The maximum Gasteiger partial charge on any atom is 0.490 e. The molecule has 3 aromatic carbocycles. The fourth-order valence-corrected chi connectivity index (χ4v) is 3.62. The summed E-state index contributed by atoms with van der Waals surface area (Å²) in [4.78, 5) is 21.5. The predicted molar refractivity (Wildman–Crippen MR) is 134 cm³/mol. The highest BCUT2D eigenvalue weighted by Gasteiger charge is 2.38. The average Bonchev–Trinajstić information content (AvgIpc) is 3.28. The van der Waals surface area contributed by atoms with Gasteiger partial charge in [-0.15, -0.1) is 0 Å². The highest BCUT2D eigenvalue weighted by atomic mass is 19.4. The van der Waals surface area contributed by atoms with Gasteiger partial charge in [0.05, 0.1) is 18.4 Å². The van der Waals surface area contributed by atoms with Crippen molar-refractivity contribution in [1.29, 1.82) is 0 Å². The largest absolute Gasteiger partial charge is 0.490 e. The number of hydrogen-bond acceptors (Lipinski definition) is 5. The molecule has 7 nitrogen and oxygen atoms in total. The minimum Gasteiger partial charge on any atom is -0.475 e. The maximum atomic E-state index is 12.6. The van der Waals surface area contributed by atoms with Crippen LogP contribution in [0.3, 0.4) is 0 Å². The van der Waals surface area contributed by atoms with Gasteiger partial charge in [-0.3, -0.25) is 0 Å². The fourth-order valence-electron chi connectivity index (χ4n) is 3.62. The van der Waals surface area contributed by atoms with E-state index in [9.17, 15) is 18.0 Å². The number of fused-ring (bicyclic) bond motifs is 1. The van der Waals surface area contributed by atoms with Gasteiger partial charge >= 0.3 is 18.1 Å². The smallest absolute Gasteiger partial charge is 0.475 e. The zero-order chi connectivity index (χ0) is 27.0. The molecule has 0 amide bonds. The van der Waals surface area contributed by atoms with E-state index in [1.54, 1.807) is 6.21 Å². The molecular weight excluding hydrogens is 487 g/mol. The fraction of sp³-hybridized carbons (Fsp3) is 0.148. The number of esters is 1. The van der Waals surface area contributed by atoms with Crippen molar-refractivity contribution in [3.8, 4) is 11.1 Å². The number of benzene rings is 3. The van der Waals surface area contributed by atoms with Crippen molar-refractivity contribution >= 4 is 28.9 Å². The van der Waals surface area contributed by atoms with Crippen LogP contribution < -0.4 is 5.84 Å². The molecule has 0 saturated carbocycles. The Morgan fingerprint density at radius 1 is 1.03 bits per heavy atom. The number of nitrogens with zero attached hydrogens (tertiary/aromatic N) is 2. The summed E-state index contributed by atoms with van der Waals surface area (Å²) in [5, 5.41) is 13.1. The van der Waals surface area contributed by atoms with Crippen molar-refractivity contribution in [2.45, 2.75) is 19.6 Å². The van der Waals surface area contributed by atoms with Crippen LogP contribution in [0.4, 0.5) is 13.2 Å². The monoisotopic (exact) mass is 511 g/mol. The second-order valence-electron chi connectivity index (χ2n) is 7.87. The van der Waals surface area contributed by atoms with Crippen LogP contribution in [0.25, 0.3) is 21.9 Å². The van der Waals surface area contributed by atoms with E-state index in [0.29, 0.717) is 18.7 Å². The van der Waals surface area contributed by atoms with Crippen LogP contribution in [0, 0.1) is 0 Å². The number of aromatic nitrogens is 1. The quantitative estimate of drug-likeness (QED) is 0.155. The molecule has 0 spiro atoms. The number of carboxylic acids is 1. The van der Waals surface area contributed by atoms with Crippen molar-refractivity contribution < 1.29 is 32.6 Å². The first kappa shape index (κ1) is 27.0. The van der Waals surface area contributed by atoms with Crippen LogP contribution in [-0.4, -0.2) is 40.6 Å². The molecule has 4 rings (SSSR count). The van der Waals surface area contributed by atoms with Gasteiger partial charge in [0.25, 0.3) is 0 Å². The average molecular weight is 512 g/mol. The van der Waals surface area contributed by atoms with Gasteiger partial charge in [0.15, 0.2) is 0 Å². The van der Waals surface area contributed by atoms with E-state index >= 15 is 0 Å². The summed E-state index contributed by atoms with van der Waals surface area (Å²) in [5.41, 5.74) is 4.30. The van der Waals surface area contributed by atoms with Gasteiger partial charge in [-0.1, -0.05) is 54.6 Å². The second kappa shape index (κ2) is 11.9. The number of aliphatic carboxylic acids is 1. The van der Waals surface area contributed by atoms with Crippen molar-refractivity contribution in [3.63, 3.8) is 0 Å². The van der Waals surface area contributed by atoms with Crippen molar-refractivity contribution in [2.75, 3.05) is 6.61 Å². The van der Waals surface area contributed by atoms with Crippen LogP contribution in [0.15, 0.2) is 84.2 Å². The van der Waals surface area contributed by atoms with Crippen LogP contribution in [-0.2, 0) is 16.1 Å². The Hall–Kier alpha value is -4.60. The van der Waals surface area contributed by atoms with Crippen molar-refractivity contribution in [1.82, 2.24) is 4.57 Å². The molecule has 1 heterocycles. The minimum absolute atomic E-state index is 0.327. The van der Waals surface area contributed by atoms with Gasteiger partial charge in [0, 0.05) is 24.5 Å². The van der Waals surface area contributed by atoms with E-state index in [0.717, 1.165) is 22.3 Å². The number of nitrogens with two attached hydrogens (primary N) is 1. The molecule has 1 aromatic heterocycles. The molecule has 0 aliphatic rings. The lowest BCUT2D eigenvalue weighted by Crippen LogP contribution is -2.21. The molecule has 0 aliphatic carbocycles. The Morgan fingerprint density at radius 3 is 2.38 bits per heavy atom. The summed E-state index contributed by atoms with van der Waals surface area (Å²) in [6, 6.07) is 22.4. The number of hydrogen-bond donors (Lipinski definition) is 2. The summed E-state index contributed by atoms with van der Waals surface area (Å²) in [6.45, 7) is 2.79. The lowest BCUT2D eigenvalue weighted by molar-refractivity contribution is -0.192. The molecule has 0 radical (unpaired) electrons. The Kier molecular flexibility index (Phi) is 8.68. The molecule has 0 fully saturated rings. The third-order valence-corrected chi connectivity index (χ3v) is 5.22. The number of carbonyl (C=O) groups is 2. The Labute approximate surface area is 210 Å². The molecule has 0 bridgehead atoms. The molecule has 37 heavy (non-hydrogen) atoms. The lowest BCUT2D eigenvalue weighted by Gasteiger charge is -2.05. The first-order valence-electron chi connectivity index (χ1n) is 11.1. The summed E-state index contributed by atoms with van der Waals surface area (Å²) in [7, 11) is 0. The summed E-state index contributed by atoms with van der Waals surface area (Å²) >= 11 is 0. The second-order valence-corrected chi connectivity index (χ2v) is 7.87. The van der Waals surface area contributed by atoms with Gasteiger partial charge in [0.1, 0.15) is 0 Å². The highest BCUT2D eigenvalue weighted by molar-refractivity contribution is 5.98. The number of halogens is 3. The van der Waals surface area contributed by atoms with E-state index in [1.165, 1.54) is 10.8 Å². The topological polar surface area (TPSA) is 107 Å². The van der Waals surface area contributed by atoms with E-state index in [-0.39, 0.29) is 5.97 Å². The molecule has 4 aromatic rings. The first-order chi connectivity index (χ1) is 17.6. The Balaban J connectivity index is 0.000000479. The lowest BCUT2D eigenvalue weighted by atomic mass is 10.0. The Morgan fingerprint density at radius 2 is 1.73 bits per heavy atom. The Bertz CT molecular complexity index is 1430. The minimum atomic E-state index is -5.08. The van der Waals surface area contributed by atoms with Gasteiger partial charge in [0.2, 0.25) is 0 Å². The van der Waals surface area contributed by atoms with Crippen molar-refractivity contribution in [2.24, 2.45) is 10.9 Å². The first-order valence-corrected chi connectivity index (χ1v) is 11.1. The van der Waals surface area contributed by atoms with Gasteiger partial charge in [-0.25, -0.2) is 9.59 Å². The third-order valence-electron chi connectivity index (χ3n) is 5.22. The zero-order valence-corrected chi connectivity index (χ0v) is 19.8. The number of carbonyl (C=O) groups excluding carboxylic acids is 1. The number of ether oxygens (including phenoxy) is 1. The van der Waals surface area contributed by atoms with Crippen LogP contribution in [0.2, 0.25) is 0 Å². The SMILES string of the molecule is CCOC(=O)c1cn(Cc2ccc3ccccc3c2)cc1-c1cccc(/C=N\N)c1.O=C(O)C(F)(F)F. The standard InChI is InChI=1S/C25H23N3O2.C2HF3O2/c1-2-30-25(29)24-17-28(15-19-10-11-20-7-3-4-8-21(20)13-19)16-23(24)22-9-5-6-18(12-22)14-27-26;3-2(4,5)1(6)7/h3-14,16-17H,2,15,26H2,1H3;(H,6,7)/b27-14-;. The maximum absolute atomic E-state index is 12.6.